The molecule has 36 heavy (non-hydrogen) atoms. The summed E-state index contributed by atoms with van der Waals surface area (Å²) in [7, 11) is 3.14. The van der Waals surface area contributed by atoms with E-state index in [0.717, 1.165) is 16.8 Å². The number of aromatic nitrogens is 2. The van der Waals surface area contributed by atoms with Crippen molar-refractivity contribution < 1.29 is 19.1 Å². The third-order valence-electron chi connectivity index (χ3n) is 5.67. The highest BCUT2D eigenvalue weighted by atomic mass is 16.5. The Morgan fingerprint density at radius 3 is 2.28 bits per heavy atom. The van der Waals surface area contributed by atoms with Gasteiger partial charge >= 0.3 is 6.03 Å². The van der Waals surface area contributed by atoms with Crippen LogP contribution in [0.4, 0.5) is 10.5 Å². The van der Waals surface area contributed by atoms with Gasteiger partial charge in [-0.3, -0.25) is 4.79 Å². The molecule has 0 radical (unpaired) electrons. The number of carbonyl (C=O) groups is 2. The van der Waals surface area contributed by atoms with E-state index < -0.39 is 6.03 Å². The number of hydrogen-bond donors (Lipinski definition) is 3. The average Bonchev–Trinajstić information content (AvgIpc) is 3.34. The largest absolute Gasteiger partial charge is 0.493 e. The minimum atomic E-state index is -0.638. The summed E-state index contributed by atoms with van der Waals surface area (Å²) < 4.78 is 12.5. The molecule has 4 N–H and O–H groups in total. The van der Waals surface area contributed by atoms with Crippen molar-refractivity contribution in [2.45, 2.75) is 13.0 Å². The number of para-hydroxylation sites is 1. The standard InChI is InChI=1S/C27H27N5O4/c1-17(18-9-12-20(13-10-18)30-27(28)34)29-26(33)25-22(16-32(31-25)21-7-5-4-6-8-21)19-11-14-23(35-2)24(15-19)36-3/h4-17H,1-3H3,(H,29,33)(H3,28,30,34). The van der Waals surface area contributed by atoms with Crippen LogP contribution in [0.25, 0.3) is 16.8 Å². The highest BCUT2D eigenvalue weighted by molar-refractivity contribution is 5.99. The number of methoxy groups -OCH3 is 2. The molecule has 1 aromatic heterocycles. The molecule has 0 bridgehead atoms. The zero-order valence-corrected chi connectivity index (χ0v) is 20.2. The summed E-state index contributed by atoms with van der Waals surface area (Å²) in [6, 6.07) is 21.1. The van der Waals surface area contributed by atoms with Crippen molar-refractivity contribution in [3.8, 4) is 28.3 Å². The Balaban J connectivity index is 1.67. The van der Waals surface area contributed by atoms with Crippen molar-refractivity contribution in [1.82, 2.24) is 15.1 Å². The molecule has 0 aliphatic carbocycles. The summed E-state index contributed by atoms with van der Waals surface area (Å²) in [6.07, 6.45) is 1.82. The summed E-state index contributed by atoms with van der Waals surface area (Å²) in [4.78, 5) is 24.5. The zero-order valence-electron chi connectivity index (χ0n) is 20.2. The van der Waals surface area contributed by atoms with Crippen molar-refractivity contribution in [3.63, 3.8) is 0 Å². The number of benzene rings is 3. The third kappa shape index (κ3) is 5.30. The van der Waals surface area contributed by atoms with Gasteiger partial charge in [-0.15, -0.1) is 0 Å². The van der Waals surface area contributed by atoms with E-state index in [1.807, 2.05) is 67.7 Å². The maximum atomic E-state index is 13.4. The molecule has 4 rings (SSSR count). The Hall–Kier alpha value is -4.79. The maximum absolute atomic E-state index is 13.4. The number of hydrogen-bond acceptors (Lipinski definition) is 5. The van der Waals surface area contributed by atoms with Crippen molar-refractivity contribution in [3.05, 3.63) is 90.3 Å². The zero-order chi connectivity index (χ0) is 25.7. The molecule has 184 valence electrons. The van der Waals surface area contributed by atoms with Gasteiger partial charge in [0.2, 0.25) is 0 Å². The fourth-order valence-electron chi connectivity index (χ4n) is 3.82. The van der Waals surface area contributed by atoms with Gasteiger partial charge < -0.3 is 25.8 Å². The van der Waals surface area contributed by atoms with Crippen LogP contribution < -0.4 is 25.8 Å². The lowest BCUT2D eigenvalue weighted by molar-refractivity contribution is 0.0935. The molecule has 0 fully saturated rings. The fraction of sp³-hybridized carbons (Fsp3) is 0.148. The van der Waals surface area contributed by atoms with Crippen LogP contribution >= 0.6 is 0 Å². The van der Waals surface area contributed by atoms with Gasteiger partial charge in [-0.05, 0) is 54.4 Å². The van der Waals surface area contributed by atoms with E-state index in [4.69, 9.17) is 15.2 Å². The van der Waals surface area contributed by atoms with Crippen LogP contribution in [0, 0.1) is 0 Å². The van der Waals surface area contributed by atoms with E-state index in [-0.39, 0.29) is 17.6 Å². The van der Waals surface area contributed by atoms with Gasteiger partial charge in [0.15, 0.2) is 17.2 Å². The molecule has 3 aromatic carbocycles. The van der Waals surface area contributed by atoms with Gasteiger partial charge in [0, 0.05) is 17.4 Å². The number of amides is 3. The lowest BCUT2D eigenvalue weighted by atomic mass is 10.0. The Labute approximate surface area is 208 Å². The maximum Gasteiger partial charge on any atom is 0.316 e. The molecular weight excluding hydrogens is 458 g/mol. The molecule has 3 amide bonds. The van der Waals surface area contributed by atoms with E-state index in [1.54, 1.807) is 37.1 Å². The number of ether oxygens (including phenoxy) is 2. The second-order valence-electron chi connectivity index (χ2n) is 8.05. The Bertz CT molecular complexity index is 1370. The molecule has 0 spiro atoms. The molecule has 0 saturated carbocycles. The lowest BCUT2D eigenvalue weighted by Gasteiger charge is -2.15. The number of nitrogens with two attached hydrogens (primary N) is 1. The number of rotatable bonds is 8. The predicted octanol–water partition coefficient (Wildman–Crippen LogP) is 4.54. The first kappa shape index (κ1) is 24.3. The van der Waals surface area contributed by atoms with Gasteiger partial charge in [-0.2, -0.15) is 5.10 Å². The number of carbonyl (C=O) groups excluding carboxylic acids is 2. The van der Waals surface area contributed by atoms with Gasteiger partial charge in [0.05, 0.1) is 25.9 Å². The van der Waals surface area contributed by atoms with Crippen LogP contribution in [0.3, 0.4) is 0 Å². The predicted molar refractivity (Wildman–Crippen MR) is 138 cm³/mol. The number of anilines is 1. The smallest absolute Gasteiger partial charge is 0.316 e. The van der Waals surface area contributed by atoms with E-state index in [0.29, 0.717) is 22.7 Å². The quantitative estimate of drug-likeness (QED) is 0.338. The van der Waals surface area contributed by atoms with Crippen LogP contribution in [0.15, 0.2) is 79.0 Å². The summed E-state index contributed by atoms with van der Waals surface area (Å²) in [6.45, 7) is 1.87. The van der Waals surface area contributed by atoms with E-state index in [9.17, 15) is 9.59 Å². The molecule has 9 nitrogen and oxygen atoms in total. The van der Waals surface area contributed by atoms with E-state index >= 15 is 0 Å². The average molecular weight is 486 g/mol. The topological polar surface area (TPSA) is 121 Å². The molecular formula is C27H27N5O4. The molecule has 1 unspecified atom stereocenters. The van der Waals surface area contributed by atoms with Crippen LogP contribution in [0.5, 0.6) is 11.5 Å². The van der Waals surface area contributed by atoms with Gasteiger partial charge in [0.1, 0.15) is 0 Å². The van der Waals surface area contributed by atoms with Crippen molar-refractivity contribution in [1.29, 1.82) is 0 Å². The number of nitrogens with zero attached hydrogens (tertiary/aromatic N) is 2. The highest BCUT2D eigenvalue weighted by Crippen LogP contribution is 2.34. The molecule has 0 saturated heterocycles. The van der Waals surface area contributed by atoms with Crippen LogP contribution in [-0.2, 0) is 0 Å². The van der Waals surface area contributed by atoms with Crippen molar-refractivity contribution >= 4 is 17.6 Å². The van der Waals surface area contributed by atoms with Crippen LogP contribution in [0.1, 0.15) is 29.0 Å². The first-order valence-corrected chi connectivity index (χ1v) is 11.2. The summed E-state index contributed by atoms with van der Waals surface area (Å²) in [5.74, 6) is 0.804. The number of nitrogens with one attached hydrogen (secondary N) is 2. The van der Waals surface area contributed by atoms with Crippen molar-refractivity contribution in [2.75, 3.05) is 19.5 Å². The second kappa shape index (κ2) is 10.6. The third-order valence-corrected chi connectivity index (χ3v) is 5.67. The second-order valence-corrected chi connectivity index (χ2v) is 8.05. The highest BCUT2D eigenvalue weighted by Gasteiger charge is 2.22. The van der Waals surface area contributed by atoms with E-state index in [2.05, 4.69) is 15.7 Å². The molecule has 0 aliphatic heterocycles. The molecule has 1 atom stereocenters. The lowest BCUT2D eigenvalue weighted by Crippen LogP contribution is -2.27. The summed E-state index contributed by atoms with van der Waals surface area (Å²) >= 11 is 0. The Morgan fingerprint density at radius 1 is 0.944 bits per heavy atom. The van der Waals surface area contributed by atoms with Gasteiger partial charge in [-0.25, -0.2) is 9.48 Å². The molecule has 1 heterocycles. The SMILES string of the molecule is COc1ccc(-c2cn(-c3ccccc3)nc2C(=O)NC(C)c2ccc(NC(N)=O)cc2)cc1OC. The fourth-order valence-corrected chi connectivity index (χ4v) is 3.82. The molecule has 4 aromatic rings. The van der Waals surface area contributed by atoms with Gasteiger partial charge in [0.25, 0.3) is 5.91 Å². The van der Waals surface area contributed by atoms with E-state index in [1.165, 1.54) is 0 Å². The van der Waals surface area contributed by atoms with Gasteiger partial charge in [-0.1, -0.05) is 36.4 Å². The normalized spacial score (nSPS) is 11.4. The summed E-state index contributed by atoms with van der Waals surface area (Å²) in [5.41, 5.74) is 9.08. The van der Waals surface area contributed by atoms with Crippen LogP contribution in [-0.4, -0.2) is 35.9 Å². The first-order chi connectivity index (χ1) is 17.4. The minimum absolute atomic E-state index is 0.268. The van der Waals surface area contributed by atoms with Crippen LogP contribution in [0.2, 0.25) is 0 Å². The Kier molecular flexibility index (Phi) is 7.20. The monoisotopic (exact) mass is 485 g/mol. The first-order valence-electron chi connectivity index (χ1n) is 11.2. The molecule has 0 aliphatic rings. The minimum Gasteiger partial charge on any atom is -0.493 e. The molecule has 9 heteroatoms. The summed E-state index contributed by atoms with van der Waals surface area (Å²) in [5, 5.41) is 10.2. The Morgan fingerprint density at radius 2 is 1.64 bits per heavy atom. The number of primary amides is 1. The van der Waals surface area contributed by atoms with Crippen molar-refractivity contribution in [2.24, 2.45) is 5.73 Å². The number of urea groups is 1.